The van der Waals surface area contributed by atoms with Crippen LogP contribution in [0.2, 0.25) is 0 Å². The summed E-state index contributed by atoms with van der Waals surface area (Å²) in [4.78, 5) is 17.4. The summed E-state index contributed by atoms with van der Waals surface area (Å²) < 4.78 is 5.21. The van der Waals surface area contributed by atoms with Crippen molar-refractivity contribution in [2.45, 2.75) is 52.7 Å². The maximum Gasteiger partial charge on any atom is 0.408 e. The SMILES string of the molecule is [B]c1nc(CC)c(C(C)NC(=O)OC(C)(C)C)s1. The molecule has 0 saturated heterocycles. The molecular formula is C12H19BN2O2S. The first-order chi connectivity index (χ1) is 8.23. The normalized spacial score (nSPS) is 13.2. The predicted octanol–water partition coefficient (Wildman–Crippen LogP) is 2.08. The van der Waals surface area contributed by atoms with E-state index in [0.717, 1.165) is 17.0 Å². The minimum atomic E-state index is -0.496. The van der Waals surface area contributed by atoms with Gasteiger partial charge in [-0.2, -0.15) is 0 Å². The zero-order valence-corrected chi connectivity index (χ0v) is 12.4. The molecule has 0 aliphatic heterocycles. The molecule has 0 spiro atoms. The molecule has 98 valence electrons. The third-order valence-electron chi connectivity index (χ3n) is 2.21. The number of aromatic nitrogens is 1. The molecule has 0 saturated carbocycles. The van der Waals surface area contributed by atoms with E-state index in [4.69, 9.17) is 12.6 Å². The van der Waals surface area contributed by atoms with Gasteiger partial charge < -0.3 is 10.1 Å². The lowest BCUT2D eigenvalue weighted by Crippen LogP contribution is -2.34. The van der Waals surface area contributed by atoms with Crippen LogP contribution in [0.25, 0.3) is 0 Å². The van der Waals surface area contributed by atoms with Crippen molar-refractivity contribution >= 4 is 30.2 Å². The molecule has 0 fully saturated rings. The smallest absolute Gasteiger partial charge is 0.408 e. The Morgan fingerprint density at radius 3 is 2.67 bits per heavy atom. The number of nitrogens with one attached hydrogen (secondary N) is 1. The highest BCUT2D eigenvalue weighted by atomic mass is 32.1. The molecule has 1 aromatic rings. The van der Waals surface area contributed by atoms with Crippen LogP contribution in [0.5, 0.6) is 0 Å². The van der Waals surface area contributed by atoms with E-state index in [1.807, 2.05) is 34.6 Å². The minimum absolute atomic E-state index is 0.149. The van der Waals surface area contributed by atoms with Gasteiger partial charge in [0.25, 0.3) is 0 Å². The largest absolute Gasteiger partial charge is 0.444 e. The van der Waals surface area contributed by atoms with E-state index >= 15 is 0 Å². The molecule has 1 unspecified atom stereocenters. The molecule has 2 radical (unpaired) electrons. The standard InChI is InChI=1S/C12H19BN2O2S/c1-6-8-9(18-10(13)15-8)7(2)14-11(16)17-12(3,4)5/h7H,6H2,1-5H3,(H,14,16). The first kappa shape index (κ1) is 15.0. The van der Waals surface area contributed by atoms with Crippen LogP contribution in [0.15, 0.2) is 0 Å². The van der Waals surface area contributed by atoms with Crippen molar-refractivity contribution in [2.24, 2.45) is 0 Å². The van der Waals surface area contributed by atoms with Crippen molar-refractivity contribution in [2.75, 3.05) is 0 Å². The summed E-state index contributed by atoms with van der Waals surface area (Å²) in [6.45, 7) is 9.41. The van der Waals surface area contributed by atoms with Crippen molar-refractivity contribution in [3.05, 3.63) is 10.6 Å². The van der Waals surface area contributed by atoms with Gasteiger partial charge in [-0.1, -0.05) is 6.92 Å². The molecule has 1 atom stereocenters. The number of rotatable bonds is 3. The molecule has 18 heavy (non-hydrogen) atoms. The van der Waals surface area contributed by atoms with Gasteiger partial charge in [0, 0.05) is 9.78 Å². The Labute approximate surface area is 114 Å². The second kappa shape index (κ2) is 5.74. The number of hydrogen-bond acceptors (Lipinski definition) is 4. The fraction of sp³-hybridized carbons (Fsp3) is 0.667. The summed E-state index contributed by atoms with van der Waals surface area (Å²) in [5.41, 5.74) is 0.436. The molecule has 6 heteroatoms. The Hall–Kier alpha value is -1.04. The summed E-state index contributed by atoms with van der Waals surface area (Å²) in [6, 6.07) is -0.149. The third kappa shape index (κ3) is 4.33. The van der Waals surface area contributed by atoms with Gasteiger partial charge in [0.05, 0.1) is 11.7 Å². The number of amides is 1. The fourth-order valence-corrected chi connectivity index (χ4v) is 2.45. The quantitative estimate of drug-likeness (QED) is 0.852. The first-order valence-electron chi connectivity index (χ1n) is 5.97. The van der Waals surface area contributed by atoms with Crippen molar-refractivity contribution in [1.82, 2.24) is 10.3 Å². The maximum atomic E-state index is 11.7. The molecule has 1 heterocycles. The Morgan fingerprint density at radius 2 is 2.17 bits per heavy atom. The van der Waals surface area contributed by atoms with Gasteiger partial charge in [0.2, 0.25) is 0 Å². The molecular weight excluding hydrogens is 247 g/mol. The topological polar surface area (TPSA) is 51.2 Å². The van der Waals surface area contributed by atoms with Crippen molar-refractivity contribution in [3.8, 4) is 0 Å². The van der Waals surface area contributed by atoms with E-state index in [1.165, 1.54) is 11.3 Å². The van der Waals surface area contributed by atoms with Crippen LogP contribution in [0, 0.1) is 0 Å². The lowest BCUT2D eigenvalue weighted by molar-refractivity contribution is 0.0508. The van der Waals surface area contributed by atoms with Crippen molar-refractivity contribution in [1.29, 1.82) is 0 Å². The molecule has 0 bridgehead atoms. The highest BCUT2D eigenvalue weighted by Crippen LogP contribution is 2.21. The first-order valence-corrected chi connectivity index (χ1v) is 6.79. The predicted molar refractivity (Wildman–Crippen MR) is 74.7 cm³/mol. The minimum Gasteiger partial charge on any atom is -0.444 e. The second-order valence-corrected chi connectivity index (χ2v) is 6.15. The highest BCUT2D eigenvalue weighted by molar-refractivity contribution is 7.19. The molecule has 0 aromatic carbocycles. The number of hydrogen-bond donors (Lipinski definition) is 1. The summed E-state index contributed by atoms with van der Waals surface area (Å²) in [5.74, 6) is 0. The van der Waals surface area contributed by atoms with Gasteiger partial charge in [0.1, 0.15) is 5.60 Å². The van der Waals surface area contributed by atoms with E-state index in [0.29, 0.717) is 4.91 Å². The molecule has 0 aliphatic rings. The summed E-state index contributed by atoms with van der Waals surface area (Å²) in [5, 5.41) is 2.79. The summed E-state index contributed by atoms with van der Waals surface area (Å²) in [7, 11) is 5.69. The van der Waals surface area contributed by atoms with Crippen LogP contribution < -0.4 is 10.2 Å². The van der Waals surface area contributed by atoms with Crippen molar-refractivity contribution < 1.29 is 9.53 Å². The van der Waals surface area contributed by atoms with Crippen LogP contribution in [0.4, 0.5) is 4.79 Å². The van der Waals surface area contributed by atoms with Crippen LogP contribution in [-0.2, 0) is 11.2 Å². The van der Waals surface area contributed by atoms with Gasteiger partial charge in [-0.15, -0.1) is 11.3 Å². The maximum absolute atomic E-state index is 11.7. The highest BCUT2D eigenvalue weighted by Gasteiger charge is 2.20. The number of ether oxygens (including phenoxy) is 1. The molecule has 0 aliphatic carbocycles. The van der Waals surface area contributed by atoms with Gasteiger partial charge >= 0.3 is 6.09 Å². The molecule has 4 nitrogen and oxygen atoms in total. The lowest BCUT2D eigenvalue weighted by Gasteiger charge is -2.21. The second-order valence-electron chi connectivity index (χ2n) is 5.08. The Morgan fingerprint density at radius 1 is 1.56 bits per heavy atom. The summed E-state index contributed by atoms with van der Waals surface area (Å²) >= 11 is 1.40. The number of nitrogens with zero attached hydrogens (tertiary/aromatic N) is 1. The van der Waals surface area contributed by atoms with Crippen LogP contribution >= 0.6 is 11.3 Å². The van der Waals surface area contributed by atoms with E-state index < -0.39 is 11.7 Å². The van der Waals surface area contributed by atoms with E-state index in [2.05, 4.69) is 10.3 Å². The zero-order valence-electron chi connectivity index (χ0n) is 11.5. The van der Waals surface area contributed by atoms with Crippen LogP contribution in [0.1, 0.15) is 51.2 Å². The molecule has 1 aromatic heterocycles. The van der Waals surface area contributed by atoms with E-state index in [-0.39, 0.29) is 6.04 Å². The summed E-state index contributed by atoms with van der Waals surface area (Å²) in [6.07, 6.45) is 0.368. The third-order valence-corrected chi connectivity index (χ3v) is 3.32. The number of carbonyl (C=O) groups is 1. The average Bonchev–Trinajstić information content (AvgIpc) is 2.56. The monoisotopic (exact) mass is 266 g/mol. The van der Waals surface area contributed by atoms with Gasteiger partial charge in [0.15, 0.2) is 7.85 Å². The molecule has 1 amide bonds. The number of alkyl carbamates (subject to hydrolysis) is 1. The Bertz CT molecular complexity index is 426. The zero-order chi connectivity index (χ0) is 13.9. The van der Waals surface area contributed by atoms with Crippen LogP contribution in [-0.4, -0.2) is 24.5 Å². The average molecular weight is 266 g/mol. The fourth-order valence-electron chi connectivity index (χ4n) is 1.52. The Balaban J connectivity index is 2.70. The number of aryl methyl sites for hydroxylation is 1. The van der Waals surface area contributed by atoms with Crippen molar-refractivity contribution in [3.63, 3.8) is 0 Å². The number of thiazole rings is 1. The lowest BCUT2D eigenvalue weighted by atomic mass is 10.1. The van der Waals surface area contributed by atoms with Gasteiger partial charge in [-0.25, -0.2) is 4.79 Å². The Kier molecular flexibility index (Phi) is 4.79. The van der Waals surface area contributed by atoms with Gasteiger partial charge in [-0.05, 0) is 34.1 Å². The number of carbonyl (C=O) groups excluding carboxylic acids is 1. The molecule has 1 N–H and O–H groups in total. The van der Waals surface area contributed by atoms with Gasteiger partial charge in [-0.3, -0.25) is 4.98 Å². The van der Waals surface area contributed by atoms with E-state index in [1.54, 1.807) is 0 Å². The molecule has 1 rings (SSSR count). The van der Waals surface area contributed by atoms with E-state index in [9.17, 15) is 4.79 Å². The van der Waals surface area contributed by atoms with Crippen LogP contribution in [0.3, 0.4) is 0 Å².